The summed E-state index contributed by atoms with van der Waals surface area (Å²) in [6, 6.07) is 6.12. The quantitative estimate of drug-likeness (QED) is 0.605. The Balaban J connectivity index is 2.85. The molecule has 0 radical (unpaired) electrons. The average Bonchev–Trinajstić information content (AvgIpc) is 2.28. The summed E-state index contributed by atoms with van der Waals surface area (Å²) in [6.07, 6.45) is 3.68. The fraction of sp³-hybridized carbons (Fsp3) is 0.571. The number of anilines is 2. The van der Waals surface area contributed by atoms with E-state index in [1.54, 1.807) is 0 Å². The van der Waals surface area contributed by atoms with Gasteiger partial charge in [-0.3, -0.25) is 0 Å². The van der Waals surface area contributed by atoms with Crippen molar-refractivity contribution < 1.29 is 0 Å². The molecule has 0 fully saturated rings. The van der Waals surface area contributed by atoms with Gasteiger partial charge in [-0.05, 0) is 38.5 Å². The Morgan fingerprint density at radius 3 is 2.59 bits per heavy atom. The van der Waals surface area contributed by atoms with Crippen molar-refractivity contribution in [2.75, 3.05) is 17.2 Å². The van der Waals surface area contributed by atoms with E-state index in [9.17, 15) is 0 Å². The molecule has 0 atom stereocenters. The monoisotopic (exact) mass is 254 g/mol. The Morgan fingerprint density at radius 2 is 2.00 bits per heavy atom. The maximum absolute atomic E-state index is 6.04. The molecular weight excluding hydrogens is 232 g/mol. The van der Waals surface area contributed by atoms with Gasteiger partial charge in [0.2, 0.25) is 0 Å². The van der Waals surface area contributed by atoms with Gasteiger partial charge >= 0.3 is 0 Å². The molecule has 96 valence electrons. The smallest absolute Gasteiger partial charge is 0.0617 e. The van der Waals surface area contributed by atoms with E-state index in [1.807, 2.05) is 18.2 Å². The predicted octanol–water partition coefficient (Wildman–Crippen LogP) is 4.33. The van der Waals surface area contributed by atoms with E-state index in [0.29, 0.717) is 6.04 Å². The molecule has 0 amide bonds. The summed E-state index contributed by atoms with van der Waals surface area (Å²) in [5.41, 5.74) is 7.90. The molecule has 0 unspecified atom stereocenters. The minimum atomic E-state index is 0.438. The Bertz CT molecular complexity index is 350. The molecule has 0 saturated carbocycles. The van der Waals surface area contributed by atoms with Crippen molar-refractivity contribution in [1.82, 2.24) is 0 Å². The fourth-order valence-electron chi connectivity index (χ4n) is 1.95. The molecule has 2 N–H and O–H groups in total. The van der Waals surface area contributed by atoms with E-state index in [2.05, 4.69) is 25.7 Å². The van der Waals surface area contributed by atoms with Crippen LogP contribution in [-0.2, 0) is 0 Å². The van der Waals surface area contributed by atoms with Crippen molar-refractivity contribution in [2.45, 2.75) is 46.1 Å². The predicted molar refractivity (Wildman–Crippen MR) is 77.9 cm³/mol. The van der Waals surface area contributed by atoms with Crippen LogP contribution in [0.3, 0.4) is 0 Å². The Labute approximate surface area is 110 Å². The number of benzene rings is 1. The summed E-state index contributed by atoms with van der Waals surface area (Å²) in [7, 11) is 0. The van der Waals surface area contributed by atoms with Crippen LogP contribution in [0.25, 0.3) is 0 Å². The molecule has 0 saturated heterocycles. The lowest BCUT2D eigenvalue weighted by molar-refractivity contribution is 0.626. The van der Waals surface area contributed by atoms with Gasteiger partial charge in [-0.25, -0.2) is 0 Å². The topological polar surface area (TPSA) is 29.3 Å². The van der Waals surface area contributed by atoms with Gasteiger partial charge in [-0.2, -0.15) is 0 Å². The summed E-state index contributed by atoms with van der Waals surface area (Å²) < 4.78 is 0. The molecule has 1 aromatic rings. The summed E-state index contributed by atoms with van der Waals surface area (Å²) in [5.74, 6) is 0. The van der Waals surface area contributed by atoms with Gasteiger partial charge in [-0.1, -0.05) is 31.4 Å². The lowest BCUT2D eigenvalue weighted by atomic mass is 10.1. The first-order valence-corrected chi connectivity index (χ1v) is 6.75. The van der Waals surface area contributed by atoms with Crippen molar-refractivity contribution in [3.63, 3.8) is 0 Å². The van der Waals surface area contributed by atoms with Crippen molar-refractivity contribution in [1.29, 1.82) is 0 Å². The van der Waals surface area contributed by atoms with Crippen LogP contribution in [0.1, 0.15) is 40.0 Å². The number of rotatable bonds is 6. The highest BCUT2D eigenvalue weighted by Gasteiger charge is 2.13. The van der Waals surface area contributed by atoms with Crippen LogP contribution in [0.4, 0.5) is 11.4 Å². The van der Waals surface area contributed by atoms with Crippen molar-refractivity contribution in [3.8, 4) is 0 Å². The second-order valence-electron chi connectivity index (χ2n) is 4.70. The van der Waals surface area contributed by atoms with Crippen molar-refractivity contribution >= 4 is 23.0 Å². The number of hydrogen-bond donors (Lipinski definition) is 1. The van der Waals surface area contributed by atoms with Crippen LogP contribution < -0.4 is 10.6 Å². The summed E-state index contributed by atoms with van der Waals surface area (Å²) in [6.45, 7) is 7.63. The first-order chi connectivity index (χ1) is 8.06. The van der Waals surface area contributed by atoms with Gasteiger partial charge in [0.25, 0.3) is 0 Å². The third kappa shape index (κ3) is 4.12. The maximum atomic E-state index is 6.04. The number of unbranched alkanes of at least 4 members (excludes halogenated alkanes) is 2. The van der Waals surface area contributed by atoms with E-state index in [-0.39, 0.29) is 0 Å². The minimum absolute atomic E-state index is 0.438. The summed E-state index contributed by atoms with van der Waals surface area (Å²) >= 11 is 6.04. The Morgan fingerprint density at radius 1 is 1.29 bits per heavy atom. The van der Waals surface area contributed by atoms with Crippen LogP contribution in [-0.4, -0.2) is 12.6 Å². The second-order valence-corrected chi connectivity index (χ2v) is 5.13. The largest absolute Gasteiger partial charge is 0.397 e. The summed E-state index contributed by atoms with van der Waals surface area (Å²) in [4.78, 5) is 2.33. The van der Waals surface area contributed by atoms with Gasteiger partial charge in [0.15, 0.2) is 0 Å². The van der Waals surface area contributed by atoms with Crippen LogP contribution in [0.2, 0.25) is 5.02 Å². The summed E-state index contributed by atoms with van der Waals surface area (Å²) in [5, 5.41) is 0.746. The van der Waals surface area contributed by atoms with E-state index in [0.717, 1.165) is 22.9 Å². The molecule has 0 bridgehead atoms. The molecule has 1 aromatic carbocycles. The molecule has 0 aliphatic heterocycles. The lowest BCUT2D eigenvalue weighted by Crippen LogP contribution is -2.32. The molecule has 17 heavy (non-hydrogen) atoms. The third-order valence-electron chi connectivity index (χ3n) is 2.93. The molecule has 0 spiro atoms. The van der Waals surface area contributed by atoms with Gasteiger partial charge in [-0.15, -0.1) is 0 Å². The number of halogens is 1. The van der Waals surface area contributed by atoms with Crippen molar-refractivity contribution in [3.05, 3.63) is 23.2 Å². The third-order valence-corrected chi connectivity index (χ3v) is 3.16. The lowest BCUT2D eigenvalue weighted by Gasteiger charge is -2.30. The van der Waals surface area contributed by atoms with E-state index < -0.39 is 0 Å². The maximum Gasteiger partial charge on any atom is 0.0617 e. The fourth-order valence-corrected chi connectivity index (χ4v) is 2.12. The Kier molecular flexibility index (Phi) is 5.63. The van der Waals surface area contributed by atoms with Crippen LogP contribution in [0.5, 0.6) is 0 Å². The molecule has 2 nitrogen and oxygen atoms in total. The molecular formula is C14H23ClN2. The number of nitrogens with two attached hydrogens (primary N) is 1. The average molecular weight is 255 g/mol. The first kappa shape index (κ1) is 14.2. The van der Waals surface area contributed by atoms with Crippen molar-refractivity contribution in [2.24, 2.45) is 0 Å². The Hall–Kier alpha value is -0.890. The number of nitrogens with zero attached hydrogens (tertiary/aromatic N) is 1. The van der Waals surface area contributed by atoms with Gasteiger partial charge in [0, 0.05) is 17.6 Å². The zero-order valence-electron chi connectivity index (χ0n) is 11.0. The molecule has 0 aromatic heterocycles. The van der Waals surface area contributed by atoms with Gasteiger partial charge in [0.05, 0.1) is 11.4 Å². The zero-order chi connectivity index (χ0) is 12.8. The second kappa shape index (κ2) is 6.75. The first-order valence-electron chi connectivity index (χ1n) is 6.38. The van der Waals surface area contributed by atoms with E-state index in [4.69, 9.17) is 17.3 Å². The van der Waals surface area contributed by atoms with E-state index >= 15 is 0 Å². The normalized spacial score (nSPS) is 10.9. The van der Waals surface area contributed by atoms with Gasteiger partial charge in [0.1, 0.15) is 0 Å². The van der Waals surface area contributed by atoms with Crippen LogP contribution in [0, 0.1) is 0 Å². The highest BCUT2D eigenvalue weighted by atomic mass is 35.5. The SMILES string of the molecule is CCCCCN(c1cc(Cl)ccc1N)C(C)C. The molecule has 0 aliphatic rings. The standard InChI is InChI=1S/C14H23ClN2/c1-4-5-6-9-17(11(2)3)14-10-12(15)7-8-13(14)16/h7-8,10-11H,4-6,9,16H2,1-3H3. The minimum Gasteiger partial charge on any atom is -0.397 e. The van der Waals surface area contributed by atoms with E-state index in [1.165, 1.54) is 19.3 Å². The van der Waals surface area contributed by atoms with Gasteiger partial charge < -0.3 is 10.6 Å². The molecule has 0 heterocycles. The number of nitrogen functional groups attached to an aromatic ring is 1. The molecule has 1 rings (SSSR count). The molecule has 3 heteroatoms. The number of hydrogen-bond acceptors (Lipinski definition) is 2. The highest BCUT2D eigenvalue weighted by molar-refractivity contribution is 6.31. The zero-order valence-corrected chi connectivity index (χ0v) is 11.8. The highest BCUT2D eigenvalue weighted by Crippen LogP contribution is 2.28. The molecule has 0 aliphatic carbocycles. The van der Waals surface area contributed by atoms with Crippen LogP contribution >= 0.6 is 11.6 Å². The van der Waals surface area contributed by atoms with Crippen LogP contribution in [0.15, 0.2) is 18.2 Å².